The van der Waals surface area contributed by atoms with E-state index >= 15 is 0 Å². The molecule has 0 atom stereocenters. The summed E-state index contributed by atoms with van der Waals surface area (Å²) in [6, 6.07) is 3.75. The van der Waals surface area contributed by atoms with Crippen molar-refractivity contribution >= 4 is 11.5 Å². The highest BCUT2D eigenvalue weighted by atomic mass is 15.2. The molecular weight excluding hydrogens is 200 g/mol. The molecular formula is C12H22N4. The van der Waals surface area contributed by atoms with E-state index in [1.54, 1.807) is 6.20 Å². The first-order valence-electron chi connectivity index (χ1n) is 5.74. The summed E-state index contributed by atoms with van der Waals surface area (Å²) < 4.78 is 0. The van der Waals surface area contributed by atoms with Crippen LogP contribution in [-0.2, 0) is 0 Å². The first-order valence-corrected chi connectivity index (χ1v) is 5.74. The third-order valence-electron chi connectivity index (χ3n) is 2.40. The highest BCUT2D eigenvalue weighted by Crippen LogP contribution is 2.13. The zero-order valence-corrected chi connectivity index (χ0v) is 10.5. The van der Waals surface area contributed by atoms with Crippen LogP contribution in [0.3, 0.4) is 0 Å². The van der Waals surface area contributed by atoms with Crippen LogP contribution in [0.15, 0.2) is 18.3 Å². The van der Waals surface area contributed by atoms with E-state index < -0.39 is 0 Å². The molecule has 0 saturated carbocycles. The highest BCUT2D eigenvalue weighted by molar-refractivity contribution is 5.50. The first kappa shape index (κ1) is 12.8. The van der Waals surface area contributed by atoms with Gasteiger partial charge >= 0.3 is 0 Å². The quantitative estimate of drug-likeness (QED) is 0.791. The van der Waals surface area contributed by atoms with Gasteiger partial charge in [0.25, 0.3) is 0 Å². The molecule has 0 unspecified atom stereocenters. The van der Waals surface area contributed by atoms with E-state index in [9.17, 15) is 0 Å². The predicted octanol–water partition coefficient (Wildman–Crippen LogP) is 1.44. The minimum atomic E-state index is 0.774. The lowest BCUT2D eigenvalue weighted by Gasteiger charge is -2.25. The Balaban J connectivity index is 2.68. The van der Waals surface area contributed by atoms with Gasteiger partial charge in [0.05, 0.1) is 0 Å². The molecule has 0 amide bonds. The molecule has 0 saturated heterocycles. The second-order valence-electron chi connectivity index (χ2n) is 4.24. The van der Waals surface area contributed by atoms with Gasteiger partial charge in [0.1, 0.15) is 5.82 Å². The van der Waals surface area contributed by atoms with Crippen molar-refractivity contribution in [1.29, 1.82) is 0 Å². The molecule has 1 rings (SSSR count). The Morgan fingerprint density at radius 2 is 2.00 bits per heavy atom. The lowest BCUT2D eigenvalue weighted by atomic mass is 10.3. The molecule has 16 heavy (non-hydrogen) atoms. The molecule has 4 heteroatoms. The number of nitrogens with two attached hydrogens (primary N) is 1. The Hall–Kier alpha value is -1.29. The number of aromatic nitrogens is 1. The van der Waals surface area contributed by atoms with Crippen molar-refractivity contribution < 1.29 is 0 Å². The molecule has 1 aromatic rings. The van der Waals surface area contributed by atoms with Crippen LogP contribution >= 0.6 is 0 Å². The van der Waals surface area contributed by atoms with Crippen molar-refractivity contribution in [2.75, 3.05) is 44.4 Å². The second kappa shape index (κ2) is 6.33. The standard InChI is InChI=1S/C12H22N4/c1-4-7-16(9-8-15(2)3)12-10-11(13)5-6-14-12/h5-6,10H,4,7-9H2,1-3H3,(H2,13,14). The van der Waals surface area contributed by atoms with Crippen molar-refractivity contribution in [3.05, 3.63) is 18.3 Å². The third-order valence-corrected chi connectivity index (χ3v) is 2.40. The molecule has 0 aliphatic carbocycles. The minimum absolute atomic E-state index is 0.774. The Labute approximate surface area is 98.1 Å². The lowest BCUT2D eigenvalue weighted by molar-refractivity contribution is 0.412. The van der Waals surface area contributed by atoms with Crippen molar-refractivity contribution in [1.82, 2.24) is 9.88 Å². The van der Waals surface area contributed by atoms with Crippen LogP contribution in [-0.4, -0.2) is 43.6 Å². The van der Waals surface area contributed by atoms with Gasteiger partial charge in [0.2, 0.25) is 0 Å². The van der Waals surface area contributed by atoms with Gasteiger partial charge in [-0.2, -0.15) is 0 Å². The van der Waals surface area contributed by atoms with Gasteiger partial charge in [0.15, 0.2) is 0 Å². The summed E-state index contributed by atoms with van der Waals surface area (Å²) in [5.41, 5.74) is 6.55. The number of anilines is 2. The monoisotopic (exact) mass is 222 g/mol. The molecule has 0 radical (unpaired) electrons. The molecule has 0 aromatic carbocycles. The predicted molar refractivity (Wildman–Crippen MR) is 69.7 cm³/mol. The summed E-state index contributed by atoms with van der Waals surface area (Å²) >= 11 is 0. The van der Waals surface area contributed by atoms with Gasteiger partial charge in [-0.05, 0) is 26.6 Å². The topological polar surface area (TPSA) is 45.4 Å². The Morgan fingerprint density at radius 1 is 1.25 bits per heavy atom. The molecule has 0 bridgehead atoms. The summed E-state index contributed by atoms with van der Waals surface area (Å²) in [7, 11) is 4.16. The molecule has 1 aromatic heterocycles. The summed E-state index contributed by atoms with van der Waals surface area (Å²) in [6.07, 6.45) is 2.88. The van der Waals surface area contributed by atoms with Crippen LogP contribution in [0.5, 0.6) is 0 Å². The van der Waals surface area contributed by atoms with Crippen LogP contribution in [0, 0.1) is 0 Å². The van der Waals surface area contributed by atoms with Gasteiger partial charge in [0, 0.05) is 37.6 Å². The third kappa shape index (κ3) is 4.06. The minimum Gasteiger partial charge on any atom is -0.399 e. The van der Waals surface area contributed by atoms with Crippen molar-refractivity contribution in [3.63, 3.8) is 0 Å². The molecule has 0 spiro atoms. The van der Waals surface area contributed by atoms with E-state index in [-0.39, 0.29) is 0 Å². The van der Waals surface area contributed by atoms with Crippen LogP contribution in [0.4, 0.5) is 11.5 Å². The van der Waals surface area contributed by atoms with Crippen LogP contribution in [0.1, 0.15) is 13.3 Å². The average Bonchev–Trinajstić information content (AvgIpc) is 2.24. The van der Waals surface area contributed by atoms with E-state index in [1.807, 2.05) is 12.1 Å². The van der Waals surface area contributed by atoms with E-state index in [0.29, 0.717) is 0 Å². The second-order valence-corrected chi connectivity index (χ2v) is 4.24. The molecule has 0 aliphatic heterocycles. The summed E-state index contributed by atoms with van der Waals surface area (Å²) in [5.74, 6) is 0.976. The normalized spacial score (nSPS) is 10.8. The molecule has 0 aliphatic rings. The Kier molecular flexibility index (Phi) is 5.05. The molecule has 90 valence electrons. The average molecular weight is 222 g/mol. The molecule has 2 N–H and O–H groups in total. The smallest absolute Gasteiger partial charge is 0.130 e. The SMILES string of the molecule is CCCN(CCN(C)C)c1cc(N)ccn1. The van der Waals surface area contributed by atoms with Crippen molar-refractivity contribution in [2.45, 2.75) is 13.3 Å². The maximum Gasteiger partial charge on any atom is 0.130 e. The fourth-order valence-corrected chi connectivity index (χ4v) is 1.54. The number of hydrogen-bond acceptors (Lipinski definition) is 4. The zero-order chi connectivity index (χ0) is 12.0. The number of hydrogen-bond donors (Lipinski definition) is 1. The van der Waals surface area contributed by atoms with Gasteiger partial charge in [-0.1, -0.05) is 6.92 Å². The maximum absolute atomic E-state index is 5.77. The van der Waals surface area contributed by atoms with Crippen LogP contribution in [0.25, 0.3) is 0 Å². The largest absolute Gasteiger partial charge is 0.399 e. The summed E-state index contributed by atoms with van der Waals surface area (Å²) in [4.78, 5) is 8.81. The Bertz CT molecular complexity index is 312. The highest BCUT2D eigenvalue weighted by Gasteiger charge is 2.07. The number of likely N-dealkylation sites (N-methyl/N-ethyl adjacent to an activating group) is 1. The van der Waals surface area contributed by atoms with Crippen LogP contribution in [0.2, 0.25) is 0 Å². The van der Waals surface area contributed by atoms with Gasteiger partial charge < -0.3 is 15.5 Å². The Morgan fingerprint density at radius 3 is 2.56 bits per heavy atom. The molecule has 0 fully saturated rings. The fraction of sp³-hybridized carbons (Fsp3) is 0.583. The van der Waals surface area contributed by atoms with Crippen molar-refractivity contribution in [3.8, 4) is 0 Å². The van der Waals surface area contributed by atoms with Gasteiger partial charge in [-0.15, -0.1) is 0 Å². The van der Waals surface area contributed by atoms with E-state index in [0.717, 1.165) is 37.6 Å². The fourth-order valence-electron chi connectivity index (χ4n) is 1.54. The number of nitrogen functional groups attached to an aromatic ring is 1. The zero-order valence-electron chi connectivity index (χ0n) is 10.5. The van der Waals surface area contributed by atoms with Gasteiger partial charge in [-0.25, -0.2) is 4.98 Å². The maximum atomic E-state index is 5.77. The number of rotatable bonds is 6. The van der Waals surface area contributed by atoms with E-state index in [1.165, 1.54) is 0 Å². The lowest BCUT2D eigenvalue weighted by Crippen LogP contribution is -2.32. The van der Waals surface area contributed by atoms with E-state index in [2.05, 4.69) is 35.8 Å². The van der Waals surface area contributed by atoms with Crippen LogP contribution < -0.4 is 10.6 Å². The van der Waals surface area contributed by atoms with E-state index in [4.69, 9.17) is 5.73 Å². The molecule has 4 nitrogen and oxygen atoms in total. The number of pyridine rings is 1. The summed E-state index contributed by atoms with van der Waals surface area (Å²) in [6.45, 7) is 5.20. The molecule has 1 heterocycles. The number of nitrogens with zero attached hydrogens (tertiary/aromatic N) is 3. The van der Waals surface area contributed by atoms with Gasteiger partial charge in [-0.3, -0.25) is 0 Å². The first-order chi connectivity index (χ1) is 7.63. The van der Waals surface area contributed by atoms with Crippen molar-refractivity contribution in [2.24, 2.45) is 0 Å². The summed E-state index contributed by atoms with van der Waals surface area (Å²) in [5, 5.41) is 0.